The molecule has 0 aromatic heterocycles. The number of carbonyl (C=O) groups is 2. The number of para-hydroxylation sites is 1. The lowest BCUT2D eigenvalue weighted by atomic mass is 9.97. The monoisotopic (exact) mass is 478 g/mol. The molecule has 0 fully saturated rings. The van der Waals surface area contributed by atoms with Gasteiger partial charge in [0.15, 0.2) is 12.0 Å². The first-order chi connectivity index (χ1) is 15.6. The first-order valence-corrected chi connectivity index (χ1v) is 10.4. The summed E-state index contributed by atoms with van der Waals surface area (Å²) in [6.07, 6.45) is -4.48. The number of aldehydes is 1. The van der Waals surface area contributed by atoms with Crippen molar-refractivity contribution in [3.05, 3.63) is 71.8 Å². The Morgan fingerprint density at radius 2 is 1.79 bits per heavy atom. The molecule has 1 atom stereocenters. The van der Waals surface area contributed by atoms with E-state index in [0.717, 1.165) is 6.07 Å². The van der Waals surface area contributed by atoms with Crippen molar-refractivity contribution in [3.8, 4) is 22.6 Å². The molecule has 3 rings (SSSR count). The number of hydrogen-bond donors (Lipinski definition) is 2. The topological polar surface area (TPSA) is 114 Å². The van der Waals surface area contributed by atoms with Crippen LogP contribution in [0.1, 0.15) is 20.7 Å². The molecule has 172 valence electrons. The number of ether oxygens (including phenoxy) is 2. The Bertz CT molecular complexity index is 1180. The third kappa shape index (κ3) is 5.83. The number of nitrogens with one attached hydrogen (secondary N) is 1. The minimum Gasteiger partial charge on any atom is -0.593 e. The third-order valence-corrected chi connectivity index (χ3v) is 5.25. The van der Waals surface area contributed by atoms with Crippen molar-refractivity contribution in [2.75, 3.05) is 12.4 Å². The van der Waals surface area contributed by atoms with E-state index in [2.05, 4.69) is 10.1 Å². The van der Waals surface area contributed by atoms with Gasteiger partial charge in [0.05, 0.1) is 18.5 Å². The van der Waals surface area contributed by atoms with Gasteiger partial charge in [-0.15, -0.1) is 18.3 Å². The fourth-order valence-corrected chi connectivity index (χ4v) is 3.61. The third-order valence-electron chi connectivity index (χ3n) is 4.48. The Kier molecular flexibility index (Phi) is 7.26. The molecular formula is C22H17F3N2O5S. The summed E-state index contributed by atoms with van der Waals surface area (Å²) in [6.45, 7) is 0. The molecule has 0 heterocycles. The van der Waals surface area contributed by atoms with Crippen LogP contribution in [0.4, 0.5) is 18.9 Å². The smallest absolute Gasteiger partial charge is 0.573 e. The lowest BCUT2D eigenvalue weighted by molar-refractivity contribution is -0.274. The van der Waals surface area contributed by atoms with Gasteiger partial charge in [-0.2, -0.15) is 0 Å². The molecule has 0 aliphatic heterocycles. The minimum atomic E-state index is -4.91. The average molecular weight is 478 g/mol. The number of anilines is 1. The molecule has 1 unspecified atom stereocenters. The molecular weight excluding hydrogens is 461 g/mol. The van der Waals surface area contributed by atoms with Crippen LogP contribution in [0.2, 0.25) is 0 Å². The summed E-state index contributed by atoms with van der Waals surface area (Å²) in [7, 11) is 1.35. The Balaban J connectivity index is 1.91. The van der Waals surface area contributed by atoms with Gasteiger partial charge in [-0.3, -0.25) is 9.59 Å². The first kappa shape index (κ1) is 24.1. The van der Waals surface area contributed by atoms with Gasteiger partial charge in [0, 0.05) is 34.5 Å². The Hall–Kier alpha value is -3.54. The van der Waals surface area contributed by atoms with Crippen LogP contribution in [0, 0.1) is 0 Å². The summed E-state index contributed by atoms with van der Waals surface area (Å²) in [6, 6.07) is 13.7. The quantitative estimate of drug-likeness (QED) is 0.387. The number of nitrogens with two attached hydrogens (primary N) is 1. The molecule has 0 saturated heterocycles. The summed E-state index contributed by atoms with van der Waals surface area (Å²) in [5.74, 6) is -0.859. The zero-order valence-electron chi connectivity index (χ0n) is 17.0. The fraction of sp³-hybridized carbons (Fsp3) is 0.0909. The van der Waals surface area contributed by atoms with E-state index in [-0.39, 0.29) is 32.9 Å². The summed E-state index contributed by atoms with van der Waals surface area (Å²) in [4.78, 5) is 24.6. The van der Waals surface area contributed by atoms with Crippen molar-refractivity contribution < 1.29 is 36.8 Å². The lowest BCUT2D eigenvalue weighted by Gasteiger charge is -2.15. The number of amides is 1. The van der Waals surface area contributed by atoms with E-state index in [1.165, 1.54) is 61.7 Å². The molecule has 3 N–H and O–H groups in total. The van der Waals surface area contributed by atoms with E-state index >= 15 is 0 Å². The zero-order valence-corrected chi connectivity index (χ0v) is 17.8. The maximum absolute atomic E-state index is 12.7. The van der Waals surface area contributed by atoms with Gasteiger partial charge in [0.25, 0.3) is 5.91 Å². The van der Waals surface area contributed by atoms with Crippen molar-refractivity contribution >= 4 is 29.2 Å². The number of methoxy groups -OCH3 is 1. The van der Waals surface area contributed by atoms with Gasteiger partial charge in [-0.25, -0.2) is 0 Å². The van der Waals surface area contributed by atoms with E-state index in [1.807, 2.05) is 0 Å². The molecule has 0 aliphatic rings. The van der Waals surface area contributed by atoms with E-state index in [9.17, 15) is 27.3 Å². The number of halogens is 3. The predicted octanol–water partition coefficient (Wildman–Crippen LogP) is 4.31. The molecule has 33 heavy (non-hydrogen) atoms. The highest BCUT2D eigenvalue weighted by Crippen LogP contribution is 2.35. The molecule has 0 radical (unpaired) electrons. The molecule has 7 nitrogen and oxygen atoms in total. The molecule has 3 aromatic rings. The Morgan fingerprint density at radius 3 is 2.42 bits per heavy atom. The number of alkyl halides is 3. The SMILES string of the molecule is COc1cc(NC(=O)c2ccc(-c3ccccc3OC(F)(F)F)c(C=O)c2)ccc1[S+](N)[O-]. The van der Waals surface area contributed by atoms with Crippen molar-refractivity contribution in [3.63, 3.8) is 0 Å². The van der Waals surface area contributed by atoms with Crippen LogP contribution in [-0.2, 0) is 11.4 Å². The summed E-state index contributed by atoms with van der Waals surface area (Å²) >= 11 is -1.79. The molecule has 0 spiro atoms. The lowest BCUT2D eigenvalue weighted by Crippen LogP contribution is -2.17. The van der Waals surface area contributed by atoms with Crippen LogP contribution in [-0.4, -0.2) is 30.2 Å². The number of carbonyl (C=O) groups excluding carboxylic acids is 2. The second kappa shape index (κ2) is 9.94. The highest BCUT2D eigenvalue weighted by atomic mass is 32.2. The second-order valence-electron chi connectivity index (χ2n) is 6.58. The highest BCUT2D eigenvalue weighted by molar-refractivity contribution is 7.89. The zero-order chi connectivity index (χ0) is 24.2. The number of rotatable bonds is 7. The van der Waals surface area contributed by atoms with Crippen LogP contribution in [0.25, 0.3) is 11.1 Å². The normalized spacial score (nSPS) is 12.1. The van der Waals surface area contributed by atoms with Crippen molar-refractivity contribution in [2.24, 2.45) is 5.14 Å². The van der Waals surface area contributed by atoms with Crippen LogP contribution in [0.3, 0.4) is 0 Å². The van der Waals surface area contributed by atoms with Crippen LogP contribution in [0.15, 0.2) is 65.6 Å². The molecule has 11 heteroatoms. The Morgan fingerprint density at radius 1 is 1.06 bits per heavy atom. The van der Waals surface area contributed by atoms with Crippen molar-refractivity contribution in [1.29, 1.82) is 0 Å². The predicted molar refractivity (Wildman–Crippen MR) is 115 cm³/mol. The van der Waals surface area contributed by atoms with E-state index in [4.69, 9.17) is 9.88 Å². The van der Waals surface area contributed by atoms with Crippen molar-refractivity contribution in [1.82, 2.24) is 0 Å². The standard InChI is InChI=1S/C22H17F3N2O5S/c1-31-19-11-15(7-9-20(19)33(26)30)27-21(29)13-6-8-16(14(10-13)12-28)17-4-2-3-5-18(17)32-22(23,24)25/h2-12H,26H2,1H3,(H,27,29). The summed E-state index contributed by atoms with van der Waals surface area (Å²) < 4.78 is 58.9. The molecule has 1 amide bonds. The van der Waals surface area contributed by atoms with Gasteiger partial charge >= 0.3 is 6.36 Å². The van der Waals surface area contributed by atoms with Crippen LogP contribution in [0.5, 0.6) is 11.5 Å². The number of benzene rings is 3. The van der Waals surface area contributed by atoms with Gasteiger partial charge in [0.1, 0.15) is 5.75 Å². The Labute approximate surface area is 189 Å². The van der Waals surface area contributed by atoms with Crippen LogP contribution < -0.4 is 19.9 Å². The van der Waals surface area contributed by atoms with Gasteiger partial charge in [-0.1, -0.05) is 24.3 Å². The minimum absolute atomic E-state index is 0.00710. The van der Waals surface area contributed by atoms with Gasteiger partial charge in [-0.05, 0) is 29.8 Å². The molecule has 0 bridgehead atoms. The van der Waals surface area contributed by atoms with Crippen molar-refractivity contribution in [2.45, 2.75) is 11.3 Å². The number of hydrogen-bond acceptors (Lipinski definition) is 6. The maximum atomic E-state index is 12.7. The van der Waals surface area contributed by atoms with Gasteiger partial charge in [0.2, 0.25) is 4.90 Å². The maximum Gasteiger partial charge on any atom is 0.573 e. The largest absolute Gasteiger partial charge is 0.593 e. The molecule has 0 aliphatic carbocycles. The van der Waals surface area contributed by atoms with Crippen LogP contribution >= 0.6 is 0 Å². The summed E-state index contributed by atoms with van der Waals surface area (Å²) in [5, 5.41) is 7.98. The summed E-state index contributed by atoms with van der Waals surface area (Å²) in [5.41, 5.74) is 0.594. The first-order valence-electron chi connectivity index (χ1n) is 9.23. The van der Waals surface area contributed by atoms with E-state index < -0.39 is 29.4 Å². The average Bonchev–Trinajstić information content (AvgIpc) is 2.77. The van der Waals surface area contributed by atoms with E-state index in [0.29, 0.717) is 12.0 Å². The van der Waals surface area contributed by atoms with Gasteiger partial charge < -0.3 is 19.3 Å². The highest BCUT2D eigenvalue weighted by Gasteiger charge is 2.32. The van der Waals surface area contributed by atoms with E-state index in [1.54, 1.807) is 0 Å². The fourth-order valence-electron chi connectivity index (χ4n) is 3.06. The second-order valence-corrected chi connectivity index (χ2v) is 7.62. The molecule has 3 aromatic carbocycles. The molecule has 0 saturated carbocycles.